The molecule has 1 aliphatic heterocycles. The Morgan fingerprint density at radius 3 is 2.71 bits per heavy atom. The number of carboxylic acids is 1. The van der Waals surface area contributed by atoms with Crippen LogP contribution in [0.5, 0.6) is 11.5 Å². The summed E-state index contributed by atoms with van der Waals surface area (Å²) in [5.41, 5.74) is 1.11. The van der Waals surface area contributed by atoms with E-state index >= 15 is 0 Å². The van der Waals surface area contributed by atoms with Crippen LogP contribution in [0.3, 0.4) is 0 Å². The fraction of sp³-hybridized carbons (Fsp3) is 0.267. The van der Waals surface area contributed by atoms with Gasteiger partial charge in [0.05, 0.1) is 0 Å². The number of hydrogen-bond donors (Lipinski definition) is 2. The third-order valence-corrected chi connectivity index (χ3v) is 3.14. The maximum atomic E-state index is 10.7. The van der Waals surface area contributed by atoms with Crippen molar-refractivity contribution in [2.24, 2.45) is 0 Å². The number of carbonyl (C=O) groups is 1. The standard InChI is InChI=1S/C15H15NO5/c17-15(18)12-3-4-14(21-12)16-6-5-10-1-2-11-13(9-10)20-8-7-19-11/h1-4,9,16H,5-8H2,(H,17,18). The van der Waals surface area contributed by atoms with Crippen molar-refractivity contribution in [3.05, 3.63) is 41.7 Å². The van der Waals surface area contributed by atoms with Gasteiger partial charge in [-0.1, -0.05) is 6.07 Å². The molecule has 0 fully saturated rings. The van der Waals surface area contributed by atoms with Gasteiger partial charge in [0.15, 0.2) is 17.4 Å². The molecule has 0 aliphatic carbocycles. The number of rotatable bonds is 5. The van der Waals surface area contributed by atoms with Crippen LogP contribution in [-0.4, -0.2) is 30.8 Å². The molecule has 2 heterocycles. The van der Waals surface area contributed by atoms with Gasteiger partial charge in [0.1, 0.15) is 13.2 Å². The average Bonchev–Trinajstić information content (AvgIpc) is 2.96. The zero-order valence-corrected chi connectivity index (χ0v) is 11.3. The van der Waals surface area contributed by atoms with E-state index in [0.717, 1.165) is 23.5 Å². The quantitative estimate of drug-likeness (QED) is 0.879. The van der Waals surface area contributed by atoms with Crippen LogP contribution in [0.4, 0.5) is 5.88 Å². The Morgan fingerprint density at radius 2 is 1.95 bits per heavy atom. The Hall–Kier alpha value is -2.63. The molecule has 0 amide bonds. The summed E-state index contributed by atoms with van der Waals surface area (Å²) in [6.45, 7) is 1.78. The van der Waals surface area contributed by atoms with Crippen molar-refractivity contribution in [3.8, 4) is 11.5 Å². The highest BCUT2D eigenvalue weighted by Gasteiger charge is 2.12. The number of anilines is 1. The fourth-order valence-corrected chi connectivity index (χ4v) is 2.12. The molecule has 3 rings (SSSR count). The Bertz CT molecular complexity index is 649. The second kappa shape index (κ2) is 5.78. The van der Waals surface area contributed by atoms with Crippen LogP contribution in [0.2, 0.25) is 0 Å². The van der Waals surface area contributed by atoms with Crippen molar-refractivity contribution in [2.75, 3.05) is 25.1 Å². The minimum absolute atomic E-state index is 0.0724. The lowest BCUT2D eigenvalue weighted by molar-refractivity contribution is 0.0663. The van der Waals surface area contributed by atoms with Gasteiger partial charge in [-0.2, -0.15) is 0 Å². The summed E-state index contributed by atoms with van der Waals surface area (Å²) in [6, 6.07) is 8.88. The lowest BCUT2D eigenvalue weighted by Crippen LogP contribution is -2.15. The Labute approximate surface area is 121 Å². The molecule has 6 nitrogen and oxygen atoms in total. The molecular weight excluding hydrogens is 274 g/mol. The first-order chi connectivity index (χ1) is 10.2. The molecule has 0 saturated carbocycles. The van der Waals surface area contributed by atoms with Crippen LogP contribution in [0.15, 0.2) is 34.7 Å². The second-order valence-electron chi connectivity index (χ2n) is 4.62. The van der Waals surface area contributed by atoms with Crippen LogP contribution in [-0.2, 0) is 6.42 Å². The molecule has 1 aromatic heterocycles. The normalized spacial score (nSPS) is 13.0. The Kier molecular flexibility index (Phi) is 3.68. The molecule has 2 N–H and O–H groups in total. The first-order valence-electron chi connectivity index (χ1n) is 6.68. The third-order valence-electron chi connectivity index (χ3n) is 3.14. The molecule has 6 heteroatoms. The summed E-state index contributed by atoms with van der Waals surface area (Å²) in [5.74, 6) is 0.844. The summed E-state index contributed by atoms with van der Waals surface area (Å²) in [6.07, 6.45) is 0.764. The minimum Gasteiger partial charge on any atom is -0.486 e. The maximum Gasteiger partial charge on any atom is 0.371 e. The summed E-state index contributed by atoms with van der Waals surface area (Å²) in [4.78, 5) is 10.7. The molecule has 1 aromatic carbocycles. The van der Waals surface area contributed by atoms with Gasteiger partial charge < -0.3 is 24.3 Å². The first-order valence-corrected chi connectivity index (χ1v) is 6.68. The van der Waals surface area contributed by atoms with E-state index in [0.29, 0.717) is 25.6 Å². The highest BCUT2D eigenvalue weighted by Crippen LogP contribution is 2.30. The van der Waals surface area contributed by atoms with E-state index in [4.69, 9.17) is 19.0 Å². The van der Waals surface area contributed by atoms with E-state index in [1.165, 1.54) is 6.07 Å². The summed E-state index contributed by atoms with van der Waals surface area (Å²) in [7, 11) is 0. The molecule has 0 spiro atoms. The number of carboxylic acid groups (broad SMARTS) is 1. The number of aromatic carboxylic acids is 1. The van der Waals surface area contributed by atoms with Crippen LogP contribution in [0.1, 0.15) is 16.1 Å². The van der Waals surface area contributed by atoms with Crippen molar-refractivity contribution in [2.45, 2.75) is 6.42 Å². The lowest BCUT2D eigenvalue weighted by atomic mass is 10.1. The minimum atomic E-state index is -1.07. The van der Waals surface area contributed by atoms with E-state index in [9.17, 15) is 4.79 Å². The largest absolute Gasteiger partial charge is 0.486 e. The van der Waals surface area contributed by atoms with Gasteiger partial charge in [-0.25, -0.2) is 4.79 Å². The number of nitrogens with one attached hydrogen (secondary N) is 1. The summed E-state index contributed by atoms with van der Waals surface area (Å²) < 4.78 is 16.1. The second-order valence-corrected chi connectivity index (χ2v) is 4.62. The van der Waals surface area contributed by atoms with Crippen molar-refractivity contribution >= 4 is 11.9 Å². The van der Waals surface area contributed by atoms with Crippen molar-refractivity contribution < 1.29 is 23.8 Å². The summed E-state index contributed by atoms with van der Waals surface area (Å²) >= 11 is 0. The number of furan rings is 1. The van der Waals surface area contributed by atoms with E-state index in [-0.39, 0.29) is 5.76 Å². The van der Waals surface area contributed by atoms with Crippen molar-refractivity contribution in [3.63, 3.8) is 0 Å². The van der Waals surface area contributed by atoms with Gasteiger partial charge in [-0.15, -0.1) is 0 Å². The van der Waals surface area contributed by atoms with E-state index in [1.54, 1.807) is 6.07 Å². The van der Waals surface area contributed by atoms with Gasteiger partial charge in [-0.3, -0.25) is 0 Å². The maximum absolute atomic E-state index is 10.7. The molecule has 0 saturated heterocycles. The first kappa shape index (κ1) is 13.4. The topological polar surface area (TPSA) is 80.9 Å². The number of benzene rings is 1. The predicted octanol–water partition coefficient (Wildman–Crippen LogP) is 2.40. The molecule has 2 aromatic rings. The predicted molar refractivity (Wildman–Crippen MR) is 75.3 cm³/mol. The molecule has 0 bridgehead atoms. The van der Waals surface area contributed by atoms with E-state index in [2.05, 4.69) is 5.32 Å². The van der Waals surface area contributed by atoms with E-state index in [1.807, 2.05) is 18.2 Å². The molecule has 21 heavy (non-hydrogen) atoms. The van der Waals surface area contributed by atoms with Crippen LogP contribution >= 0.6 is 0 Å². The Morgan fingerprint density at radius 1 is 1.14 bits per heavy atom. The van der Waals surface area contributed by atoms with Crippen LogP contribution in [0.25, 0.3) is 0 Å². The van der Waals surface area contributed by atoms with Crippen molar-refractivity contribution in [1.29, 1.82) is 0 Å². The number of hydrogen-bond acceptors (Lipinski definition) is 5. The highest BCUT2D eigenvalue weighted by molar-refractivity contribution is 5.84. The third kappa shape index (κ3) is 3.10. The van der Waals surface area contributed by atoms with E-state index < -0.39 is 5.97 Å². The summed E-state index contributed by atoms with van der Waals surface area (Å²) in [5, 5.41) is 11.8. The van der Waals surface area contributed by atoms with Gasteiger partial charge in [0.2, 0.25) is 5.76 Å². The molecular formula is C15H15NO5. The lowest BCUT2D eigenvalue weighted by Gasteiger charge is -2.18. The van der Waals surface area contributed by atoms with Crippen LogP contribution < -0.4 is 14.8 Å². The molecule has 0 atom stereocenters. The zero-order chi connectivity index (χ0) is 14.7. The Balaban J connectivity index is 1.56. The number of fused-ring (bicyclic) bond motifs is 1. The molecule has 0 radical (unpaired) electrons. The molecule has 1 aliphatic rings. The monoisotopic (exact) mass is 289 g/mol. The van der Waals surface area contributed by atoms with Gasteiger partial charge in [-0.05, 0) is 30.2 Å². The fourth-order valence-electron chi connectivity index (χ4n) is 2.12. The highest BCUT2D eigenvalue weighted by atomic mass is 16.6. The zero-order valence-electron chi connectivity index (χ0n) is 11.3. The molecule has 0 unspecified atom stereocenters. The molecule has 110 valence electrons. The SMILES string of the molecule is O=C(O)c1ccc(NCCc2ccc3c(c2)OCCO3)o1. The smallest absolute Gasteiger partial charge is 0.371 e. The van der Waals surface area contributed by atoms with Gasteiger partial charge >= 0.3 is 5.97 Å². The van der Waals surface area contributed by atoms with Crippen molar-refractivity contribution in [1.82, 2.24) is 0 Å². The van der Waals surface area contributed by atoms with Gasteiger partial charge in [0.25, 0.3) is 0 Å². The van der Waals surface area contributed by atoms with Crippen LogP contribution in [0, 0.1) is 0 Å². The van der Waals surface area contributed by atoms with Gasteiger partial charge in [0, 0.05) is 12.6 Å². The average molecular weight is 289 g/mol. The number of ether oxygens (including phenoxy) is 2.